The minimum absolute atomic E-state index is 0.0831. The van der Waals surface area contributed by atoms with Gasteiger partial charge >= 0.3 is 5.97 Å². The first-order valence-corrected chi connectivity index (χ1v) is 10.7. The summed E-state index contributed by atoms with van der Waals surface area (Å²) in [6, 6.07) is 13.7. The van der Waals surface area contributed by atoms with Gasteiger partial charge in [0.15, 0.2) is 6.10 Å². The van der Waals surface area contributed by atoms with E-state index in [1.807, 2.05) is 26.0 Å². The van der Waals surface area contributed by atoms with Gasteiger partial charge in [-0.15, -0.1) is 0 Å². The molecule has 2 aromatic carbocycles. The molecule has 0 saturated heterocycles. The Morgan fingerprint density at radius 1 is 1.07 bits per heavy atom. The van der Waals surface area contributed by atoms with Crippen LogP contribution >= 0.6 is 0 Å². The maximum Gasteiger partial charge on any atom is 0.322 e. The van der Waals surface area contributed by atoms with Crippen molar-refractivity contribution in [1.29, 1.82) is 0 Å². The number of carbonyl (C=O) groups excluding carboxylic acids is 2. The average Bonchev–Trinajstić information content (AvgIpc) is 2.68. The fourth-order valence-electron chi connectivity index (χ4n) is 2.51. The molecule has 0 spiro atoms. The topological polar surface area (TPSA) is 92.8 Å². The maximum absolute atomic E-state index is 12.5. The average molecular weight is 419 g/mol. The number of esters is 1. The second-order valence-electron chi connectivity index (χ2n) is 6.75. The zero-order valence-electron chi connectivity index (χ0n) is 17.0. The number of aryl methyl sites for hydroxylation is 2. The zero-order chi connectivity index (χ0) is 21.6. The van der Waals surface area contributed by atoms with Gasteiger partial charge in [-0.1, -0.05) is 36.8 Å². The molecule has 0 fully saturated rings. The monoisotopic (exact) mass is 418 g/mol. The third-order valence-corrected chi connectivity index (χ3v) is 6.21. The Morgan fingerprint density at radius 2 is 1.66 bits per heavy atom. The van der Waals surface area contributed by atoms with Gasteiger partial charge in [-0.25, -0.2) is 8.42 Å². The minimum atomic E-state index is -3.83. The van der Waals surface area contributed by atoms with Crippen LogP contribution in [0.5, 0.6) is 0 Å². The lowest BCUT2D eigenvalue weighted by Gasteiger charge is -2.18. The number of benzene rings is 2. The number of hydrogen-bond acceptors (Lipinski definition) is 5. The number of amides is 1. The highest BCUT2D eigenvalue weighted by Gasteiger charge is 2.25. The molecule has 29 heavy (non-hydrogen) atoms. The Balaban J connectivity index is 1.92. The third kappa shape index (κ3) is 6.13. The Kier molecular flexibility index (Phi) is 7.53. The van der Waals surface area contributed by atoms with Crippen LogP contribution in [0.2, 0.25) is 0 Å². The second-order valence-corrected chi connectivity index (χ2v) is 8.79. The van der Waals surface area contributed by atoms with Gasteiger partial charge in [-0.05, 0) is 50.1 Å². The number of anilines is 1. The minimum Gasteiger partial charge on any atom is -0.452 e. The molecule has 2 rings (SSSR count). The summed E-state index contributed by atoms with van der Waals surface area (Å²) in [5, 5.41) is 2.67. The number of hydrogen-bond donors (Lipinski definition) is 1. The molecule has 0 aromatic heterocycles. The van der Waals surface area contributed by atoms with E-state index < -0.39 is 34.5 Å². The highest BCUT2D eigenvalue weighted by Crippen LogP contribution is 2.15. The second kappa shape index (κ2) is 9.67. The van der Waals surface area contributed by atoms with Crippen LogP contribution in [-0.4, -0.2) is 44.3 Å². The van der Waals surface area contributed by atoms with E-state index in [1.165, 1.54) is 26.1 Å². The van der Waals surface area contributed by atoms with Crippen molar-refractivity contribution in [1.82, 2.24) is 4.31 Å². The van der Waals surface area contributed by atoms with Crippen LogP contribution in [0.15, 0.2) is 53.4 Å². The van der Waals surface area contributed by atoms with Gasteiger partial charge in [0.05, 0.1) is 4.90 Å². The number of sulfonamides is 1. The SMILES string of the molecule is CCc1ccc(NC(=O)[C@H](C)OC(=O)CN(C)S(=O)(=O)c2ccc(C)cc2)cc1. The predicted octanol–water partition coefficient (Wildman–Crippen LogP) is 2.75. The zero-order valence-corrected chi connectivity index (χ0v) is 17.8. The van der Waals surface area contributed by atoms with Crippen LogP contribution in [-0.2, 0) is 30.8 Å². The third-order valence-electron chi connectivity index (χ3n) is 4.39. The van der Waals surface area contributed by atoms with Gasteiger partial charge in [0.1, 0.15) is 6.54 Å². The first-order chi connectivity index (χ1) is 13.6. The Morgan fingerprint density at radius 3 is 2.21 bits per heavy atom. The number of ether oxygens (including phenoxy) is 1. The molecule has 2 aromatic rings. The molecule has 0 bridgehead atoms. The summed E-state index contributed by atoms with van der Waals surface area (Å²) in [5.74, 6) is -1.31. The van der Waals surface area contributed by atoms with Crippen LogP contribution in [0.1, 0.15) is 25.0 Å². The fourth-order valence-corrected chi connectivity index (χ4v) is 3.63. The molecule has 0 unspecified atom stereocenters. The fraction of sp³-hybridized carbons (Fsp3) is 0.333. The summed E-state index contributed by atoms with van der Waals surface area (Å²) in [5.41, 5.74) is 2.66. The van der Waals surface area contributed by atoms with Crippen LogP contribution in [0.4, 0.5) is 5.69 Å². The normalized spacial score (nSPS) is 12.4. The van der Waals surface area contributed by atoms with Crippen molar-refractivity contribution < 1.29 is 22.7 Å². The van der Waals surface area contributed by atoms with Crippen LogP contribution in [0, 0.1) is 6.92 Å². The summed E-state index contributed by atoms with van der Waals surface area (Å²) in [7, 11) is -2.54. The van der Waals surface area contributed by atoms with Gasteiger partial charge in [0.25, 0.3) is 5.91 Å². The van der Waals surface area contributed by atoms with Crippen molar-refractivity contribution in [2.45, 2.75) is 38.2 Å². The molecule has 156 valence electrons. The molecule has 0 aliphatic carbocycles. The number of likely N-dealkylation sites (N-methyl/N-ethyl adjacent to an activating group) is 1. The molecule has 1 N–H and O–H groups in total. The van der Waals surface area contributed by atoms with E-state index >= 15 is 0 Å². The number of nitrogens with zero attached hydrogens (tertiary/aromatic N) is 1. The molecule has 0 heterocycles. The van der Waals surface area contributed by atoms with E-state index in [9.17, 15) is 18.0 Å². The lowest BCUT2D eigenvalue weighted by atomic mass is 10.1. The van der Waals surface area contributed by atoms with E-state index in [4.69, 9.17) is 4.74 Å². The van der Waals surface area contributed by atoms with Crippen molar-refractivity contribution in [3.05, 3.63) is 59.7 Å². The molecular formula is C21H26N2O5S. The molecule has 0 aliphatic rings. The standard InChI is InChI=1S/C21H26N2O5S/c1-5-17-8-10-18(11-9-17)22-21(25)16(3)28-20(24)14-23(4)29(26,27)19-12-6-15(2)7-13-19/h6-13,16H,5,14H2,1-4H3,(H,22,25)/t16-/m0/s1. The van der Waals surface area contributed by atoms with Crippen molar-refractivity contribution in [3.8, 4) is 0 Å². The van der Waals surface area contributed by atoms with E-state index in [-0.39, 0.29) is 4.90 Å². The van der Waals surface area contributed by atoms with Crippen molar-refractivity contribution in [2.75, 3.05) is 18.9 Å². The van der Waals surface area contributed by atoms with E-state index in [0.29, 0.717) is 5.69 Å². The lowest BCUT2D eigenvalue weighted by molar-refractivity contribution is -0.153. The van der Waals surface area contributed by atoms with Gasteiger partial charge in [-0.3, -0.25) is 9.59 Å². The van der Waals surface area contributed by atoms with Crippen molar-refractivity contribution in [2.24, 2.45) is 0 Å². The summed E-state index contributed by atoms with van der Waals surface area (Å²) in [6.07, 6.45) is -0.176. The first-order valence-electron chi connectivity index (χ1n) is 9.25. The van der Waals surface area contributed by atoms with Gasteiger partial charge in [-0.2, -0.15) is 4.31 Å². The van der Waals surface area contributed by atoms with E-state index in [1.54, 1.807) is 24.3 Å². The van der Waals surface area contributed by atoms with Gasteiger partial charge in [0.2, 0.25) is 10.0 Å². The van der Waals surface area contributed by atoms with E-state index in [2.05, 4.69) is 5.32 Å². The van der Waals surface area contributed by atoms with Crippen molar-refractivity contribution in [3.63, 3.8) is 0 Å². The number of carbonyl (C=O) groups is 2. The Bertz CT molecular complexity index is 954. The van der Waals surface area contributed by atoms with Gasteiger partial charge in [0, 0.05) is 12.7 Å². The molecule has 1 atom stereocenters. The smallest absolute Gasteiger partial charge is 0.322 e. The highest BCUT2D eigenvalue weighted by molar-refractivity contribution is 7.89. The van der Waals surface area contributed by atoms with Gasteiger partial charge < -0.3 is 10.1 Å². The lowest BCUT2D eigenvalue weighted by Crippen LogP contribution is -2.37. The number of rotatable bonds is 8. The summed E-state index contributed by atoms with van der Waals surface area (Å²) in [6.45, 7) is 4.81. The largest absolute Gasteiger partial charge is 0.452 e. The quantitative estimate of drug-likeness (QED) is 0.666. The molecule has 1 amide bonds. The van der Waals surface area contributed by atoms with Crippen LogP contribution in [0.25, 0.3) is 0 Å². The predicted molar refractivity (Wildman–Crippen MR) is 111 cm³/mol. The molecule has 0 radical (unpaired) electrons. The van der Waals surface area contributed by atoms with Crippen molar-refractivity contribution >= 4 is 27.6 Å². The molecule has 7 nitrogen and oxygen atoms in total. The maximum atomic E-state index is 12.5. The Labute approximate surface area is 171 Å². The molecular weight excluding hydrogens is 392 g/mol. The summed E-state index contributed by atoms with van der Waals surface area (Å²) in [4.78, 5) is 24.4. The molecule has 0 aliphatic heterocycles. The highest BCUT2D eigenvalue weighted by atomic mass is 32.2. The van der Waals surface area contributed by atoms with Crippen LogP contribution in [0.3, 0.4) is 0 Å². The number of nitrogens with one attached hydrogen (secondary N) is 1. The summed E-state index contributed by atoms with van der Waals surface area (Å²) >= 11 is 0. The van der Waals surface area contributed by atoms with Crippen LogP contribution < -0.4 is 5.32 Å². The molecule has 8 heteroatoms. The summed E-state index contributed by atoms with van der Waals surface area (Å²) < 4.78 is 31.1. The molecule has 0 saturated carbocycles. The first kappa shape index (κ1) is 22.6. The Hall–Kier alpha value is -2.71. The van der Waals surface area contributed by atoms with E-state index in [0.717, 1.165) is 21.9 Å².